The van der Waals surface area contributed by atoms with Gasteiger partial charge in [0.25, 0.3) is 5.89 Å². The number of carboxylic acids is 1. The second-order valence-electron chi connectivity index (χ2n) is 8.39. The lowest BCUT2D eigenvalue weighted by molar-refractivity contribution is -0.137. The first-order valence-electron chi connectivity index (χ1n) is 11.7. The Morgan fingerprint density at radius 2 is 1.55 bits per heavy atom. The maximum atomic E-state index is 11.3. The third-order valence-corrected chi connectivity index (χ3v) is 5.98. The minimum Gasteiger partial charge on any atom is -0.489 e. The number of carboxylic acid groups (broad SMARTS) is 1. The van der Waals surface area contributed by atoms with Gasteiger partial charge in [-0.25, -0.2) is 0 Å². The highest BCUT2D eigenvalue weighted by molar-refractivity contribution is 6.30. The molecule has 0 saturated heterocycles. The molecule has 0 amide bonds. The lowest BCUT2D eigenvalue weighted by Gasteiger charge is -2.13. The predicted octanol–water partition coefficient (Wildman–Crippen LogP) is 6.14. The topological polar surface area (TPSA) is 121 Å². The molecule has 1 atom stereocenters. The molecule has 0 unspecified atom stereocenters. The molecule has 2 heterocycles. The Bertz CT molecular complexity index is 1470. The van der Waals surface area contributed by atoms with Crippen molar-refractivity contribution in [1.82, 2.24) is 15.3 Å². The summed E-state index contributed by atoms with van der Waals surface area (Å²) in [6.07, 6.45) is 1.32. The van der Waals surface area contributed by atoms with Crippen LogP contribution in [0.5, 0.6) is 11.5 Å². The van der Waals surface area contributed by atoms with Crippen molar-refractivity contribution in [3.63, 3.8) is 0 Å². The van der Waals surface area contributed by atoms with Gasteiger partial charge in [0.15, 0.2) is 6.61 Å². The van der Waals surface area contributed by atoms with Crippen LogP contribution in [0.15, 0.2) is 94.2 Å². The summed E-state index contributed by atoms with van der Waals surface area (Å²) >= 11 is 5.91. The third-order valence-electron chi connectivity index (χ3n) is 5.73. The summed E-state index contributed by atoms with van der Waals surface area (Å²) in [5.41, 5.74) is 3.12. The van der Waals surface area contributed by atoms with Gasteiger partial charge in [-0.1, -0.05) is 46.2 Å². The summed E-state index contributed by atoms with van der Waals surface area (Å²) in [5, 5.41) is 17.8. The molecule has 1 N–H and O–H groups in total. The smallest absolute Gasteiger partial charge is 0.304 e. The highest BCUT2D eigenvalue weighted by Gasteiger charge is 2.20. The van der Waals surface area contributed by atoms with Crippen LogP contribution in [0.1, 0.15) is 35.0 Å². The van der Waals surface area contributed by atoms with Gasteiger partial charge in [-0.3, -0.25) is 4.79 Å². The quantitative estimate of drug-likeness (QED) is 0.214. The van der Waals surface area contributed by atoms with Gasteiger partial charge in [0.05, 0.1) is 12.1 Å². The first-order valence-corrected chi connectivity index (χ1v) is 12.1. The highest BCUT2D eigenvalue weighted by atomic mass is 35.5. The van der Waals surface area contributed by atoms with Crippen molar-refractivity contribution in [2.45, 2.75) is 25.6 Å². The van der Waals surface area contributed by atoms with Crippen LogP contribution in [0.3, 0.4) is 0 Å². The van der Waals surface area contributed by atoms with Gasteiger partial charge in [-0.2, -0.15) is 4.98 Å². The molecule has 5 rings (SSSR count). The van der Waals surface area contributed by atoms with E-state index in [9.17, 15) is 9.90 Å². The van der Waals surface area contributed by atoms with Gasteiger partial charge in [0.2, 0.25) is 5.82 Å². The fraction of sp³-hybridized carbons (Fsp3) is 0.143. The van der Waals surface area contributed by atoms with Crippen LogP contribution in [0.25, 0.3) is 11.5 Å². The summed E-state index contributed by atoms with van der Waals surface area (Å²) < 4.78 is 21.9. The van der Waals surface area contributed by atoms with Crippen LogP contribution in [0, 0.1) is 0 Å². The first kappa shape index (κ1) is 25.0. The molecule has 2 aromatic heterocycles. The van der Waals surface area contributed by atoms with Gasteiger partial charge in [-0.05, 0) is 59.7 Å². The molecule has 10 heteroatoms. The summed E-state index contributed by atoms with van der Waals surface area (Å²) in [6.45, 7) is 0.535. The van der Waals surface area contributed by atoms with E-state index in [1.807, 2.05) is 48.5 Å². The average molecular weight is 532 g/mol. The van der Waals surface area contributed by atoms with E-state index in [0.29, 0.717) is 40.5 Å². The normalized spacial score (nSPS) is 11.7. The monoisotopic (exact) mass is 531 g/mol. The van der Waals surface area contributed by atoms with Gasteiger partial charge in [0, 0.05) is 22.6 Å². The van der Waals surface area contributed by atoms with Gasteiger partial charge in [-0.15, -0.1) is 0 Å². The lowest BCUT2D eigenvalue weighted by Crippen LogP contribution is -2.08. The molecule has 0 aliphatic rings. The Balaban J connectivity index is 1.16. The zero-order valence-corrected chi connectivity index (χ0v) is 20.7. The number of hydrogen-bond donors (Lipinski definition) is 1. The zero-order valence-electron chi connectivity index (χ0n) is 20.0. The number of hydrogen-bond acceptors (Lipinski definition) is 8. The zero-order chi connectivity index (χ0) is 26.3. The standard InChI is InChI=1S/C28H22ClN3O6/c29-21-7-1-18(2-8-21)16-35-22-11-5-20(6-12-22)28-30-26(32-38-28)17-36-23-9-3-19(4-10-23)24(15-27(33)34)25-13-14-37-31-25/h1-14,24H,15-17H2,(H,33,34)/t24-/m0/s1. The molecule has 0 saturated carbocycles. The molecule has 3 aromatic carbocycles. The Morgan fingerprint density at radius 3 is 2.21 bits per heavy atom. The first-order chi connectivity index (χ1) is 18.5. The Morgan fingerprint density at radius 1 is 0.868 bits per heavy atom. The van der Waals surface area contributed by atoms with E-state index in [1.54, 1.807) is 30.3 Å². The van der Waals surface area contributed by atoms with Crippen LogP contribution in [0.2, 0.25) is 5.02 Å². The van der Waals surface area contributed by atoms with E-state index >= 15 is 0 Å². The molecule has 38 heavy (non-hydrogen) atoms. The molecular formula is C28H22ClN3O6. The summed E-state index contributed by atoms with van der Waals surface area (Å²) in [7, 11) is 0. The Hall–Kier alpha value is -4.63. The second kappa shape index (κ2) is 11.6. The number of halogens is 1. The van der Waals surface area contributed by atoms with Crippen molar-refractivity contribution in [3.05, 3.63) is 113 Å². The molecule has 0 aliphatic heterocycles. The van der Waals surface area contributed by atoms with Crippen LogP contribution in [0.4, 0.5) is 0 Å². The van der Waals surface area contributed by atoms with Crippen molar-refractivity contribution in [1.29, 1.82) is 0 Å². The Labute approximate surface area is 222 Å². The van der Waals surface area contributed by atoms with Crippen molar-refractivity contribution >= 4 is 17.6 Å². The van der Waals surface area contributed by atoms with E-state index in [4.69, 9.17) is 30.1 Å². The van der Waals surface area contributed by atoms with Crippen molar-refractivity contribution in [2.75, 3.05) is 0 Å². The third kappa shape index (κ3) is 6.37. The maximum Gasteiger partial charge on any atom is 0.304 e. The van der Waals surface area contributed by atoms with E-state index in [0.717, 1.165) is 16.7 Å². The number of rotatable bonds is 11. The lowest BCUT2D eigenvalue weighted by atomic mass is 9.92. The number of ether oxygens (including phenoxy) is 2. The van der Waals surface area contributed by atoms with Gasteiger partial charge >= 0.3 is 5.97 Å². The van der Waals surface area contributed by atoms with Crippen LogP contribution in [-0.2, 0) is 18.0 Å². The number of aromatic nitrogens is 3. The summed E-state index contributed by atoms with van der Waals surface area (Å²) in [4.78, 5) is 15.7. The number of benzene rings is 3. The molecule has 192 valence electrons. The molecule has 0 aliphatic carbocycles. The van der Waals surface area contributed by atoms with E-state index in [2.05, 4.69) is 15.3 Å². The average Bonchev–Trinajstić information content (AvgIpc) is 3.64. The van der Waals surface area contributed by atoms with E-state index in [1.165, 1.54) is 6.26 Å². The van der Waals surface area contributed by atoms with Crippen molar-refractivity contribution in [3.8, 4) is 23.0 Å². The van der Waals surface area contributed by atoms with Crippen LogP contribution < -0.4 is 9.47 Å². The predicted molar refractivity (Wildman–Crippen MR) is 137 cm³/mol. The fourth-order valence-corrected chi connectivity index (χ4v) is 3.91. The van der Waals surface area contributed by atoms with E-state index in [-0.39, 0.29) is 13.0 Å². The SMILES string of the molecule is O=C(O)C[C@@H](c1ccc(OCc2noc(-c3ccc(OCc4ccc(Cl)cc4)cc3)n2)cc1)c1ccon1. The maximum absolute atomic E-state index is 11.3. The number of nitrogens with zero attached hydrogens (tertiary/aromatic N) is 3. The van der Waals surface area contributed by atoms with Crippen molar-refractivity contribution in [2.24, 2.45) is 0 Å². The largest absolute Gasteiger partial charge is 0.489 e. The molecule has 0 bridgehead atoms. The van der Waals surface area contributed by atoms with E-state index < -0.39 is 11.9 Å². The molecule has 0 spiro atoms. The Kier molecular flexibility index (Phi) is 7.65. The molecule has 9 nitrogen and oxygen atoms in total. The molecule has 0 radical (unpaired) electrons. The second-order valence-corrected chi connectivity index (χ2v) is 8.82. The summed E-state index contributed by atoms with van der Waals surface area (Å²) in [5.74, 6) is 0.701. The summed E-state index contributed by atoms with van der Waals surface area (Å²) in [6, 6.07) is 23.6. The molecule has 5 aromatic rings. The minimum absolute atomic E-state index is 0.103. The van der Waals surface area contributed by atoms with Crippen LogP contribution in [-0.4, -0.2) is 26.4 Å². The number of carbonyl (C=O) groups is 1. The van der Waals surface area contributed by atoms with Gasteiger partial charge < -0.3 is 23.6 Å². The molecular weight excluding hydrogens is 510 g/mol. The fourth-order valence-electron chi connectivity index (χ4n) is 3.78. The molecule has 0 fully saturated rings. The van der Waals surface area contributed by atoms with Gasteiger partial charge in [0.1, 0.15) is 24.4 Å². The minimum atomic E-state index is -0.925. The highest BCUT2D eigenvalue weighted by Crippen LogP contribution is 2.29. The van der Waals surface area contributed by atoms with Crippen LogP contribution >= 0.6 is 11.6 Å². The van der Waals surface area contributed by atoms with Crippen molar-refractivity contribution < 1.29 is 28.4 Å². The number of aliphatic carboxylic acids is 1.